The molecule has 5 heterocycles. The van der Waals surface area contributed by atoms with E-state index >= 15 is 0 Å². The molecule has 3 saturated carbocycles. The van der Waals surface area contributed by atoms with Gasteiger partial charge in [0.2, 0.25) is 5.95 Å². The van der Waals surface area contributed by atoms with Gasteiger partial charge < -0.3 is 9.64 Å². The van der Waals surface area contributed by atoms with E-state index in [4.69, 9.17) is 19.7 Å². The molecular formula is C26H26F3N7O. The van der Waals surface area contributed by atoms with E-state index in [0.717, 1.165) is 22.5 Å². The van der Waals surface area contributed by atoms with Crippen molar-refractivity contribution in [2.75, 3.05) is 18.0 Å². The number of anilines is 1. The van der Waals surface area contributed by atoms with Gasteiger partial charge in [-0.1, -0.05) is 0 Å². The Balaban J connectivity index is 1.28. The van der Waals surface area contributed by atoms with Crippen LogP contribution in [0.2, 0.25) is 0 Å². The first-order chi connectivity index (χ1) is 17.6. The molecule has 8 rings (SSSR count). The number of aryl methyl sites for hydroxylation is 2. The van der Waals surface area contributed by atoms with Gasteiger partial charge in [0.15, 0.2) is 5.65 Å². The minimum absolute atomic E-state index is 0.0527. The van der Waals surface area contributed by atoms with E-state index < -0.39 is 17.0 Å². The molecule has 0 N–H and O–H groups in total. The fourth-order valence-corrected chi connectivity index (χ4v) is 6.39. The number of hydrogen-bond donors (Lipinski definition) is 0. The van der Waals surface area contributed by atoms with Gasteiger partial charge in [-0.05, 0) is 63.8 Å². The first kappa shape index (κ1) is 22.8. The molecule has 2 bridgehead atoms. The maximum Gasteiger partial charge on any atom is 0.394 e. The van der Waals surface area contributed by atoms with E-state index in [1.807, 2.05) is 39.1 Å². The highest BCUT2D eigenvalue weighted by Gasteiger charge is 2.79. The number of nitrogens with zero attached hydrogens (tertiary/aromatic N) is 7. The van der Waals surface area contributed by atoms with Crippen LogP contribution >= 0.6 is 0 Å². The largest absolute Gasteiger partial charge is 0.394 e. The van der Waals surface area contributed by atoms with Crippen LogP contribution < -0.4 is 4.90 Å². The summed E-state index contributed by atoms with van der Waals surface area (Å²) in [5.74, 6) is 0.469. The Bertz CT molecular complexity index is 1550. The van der Waals surface area contributed by atoms with Crippen LogP contribution in [0.5, 0.6) is 0 Å². The Morgan fingerprint density at radius 2 is 1.76 bits per heavy atom. The monoisotopic (exact) mass is 509 g/mol. The number of halogens is 3. The highest BCUT2D eigenvalue weighted by atomic mass is 19.4. The lowest BCUT2D eigenvalue weighted by Crippen LogP contribution is -2.70. The summed E-state index contributed by atoms with van der Waals surface area (Å²) in [4.78, 5) is 21.1. The van der Waals surface area contributed by atoms with Crippen molar-refractivity contribution in [3.05, 3.63) is 53.2 Å². The van der Waals surface area contributed by atoms with Crippen molar-refractivity contribution in [2.24, 2.45) is 5.41 Å². The van der Waals surface area contributed by atoms with Crippen LogP contribution in [-0.4, -0.2) is 54.9 Å². The normalized spacial score (nSPS) is 29.4. The van der Waals surface area contributed by atoms with Crippen molar-refractivity contribution >= 4 is 22.6 Å². The zero-order chi connectivity index (χ0) is 25.7. The second kappa shape index (κ2) is 7.37. The van der Waals surface area contributed by atoms with Gasteiger partial charge in [-0.3, -0.25) is 0 Å². The van der Waals surface area contributed by atoms with Crippen molar-refractivity contribution in [1.29, 1.82) is 0 Å². The van der Waals surface area contributed by atoms with Gasteiger partial charge in [0.25, 0.3) is 0 Å². The SMILES string of the molecule is Cc1nc2nc(N3C[C@@H](C)O[C@@H](c4ccn5nccc5c4)C3)nc(C34CC(C(F)(F)F)(C3)C4)c2nc1C. The van der Waals surface area contributed by atoms with E-state index in [0.29, 0.717) is 35.9 Å². The molecular weight excluding hydrogens is 483 g/mol. The molecule has 1 saturated heterocycles. The molecule has 3 aliphatic carbocycles. The summed E-state index contributed by atoms with van der Waals surface area (Å²) < 4.78 is 49.0. The van der Waals surface area contributed by atoms with Crippen molar-refractivity contribution in [1.82, 2.24) is 29.5 Å². The number of alkyl halides is 3. The van der Waals surface area contributed by atoms with Gasteiger partial charge >= 0.3 is 6.18 Å². The van der Waals surface area contributed by atoms with Crippen molar-refractivity contribution < 1.29 is 17.9 Å². The van der Waals surface area contributed by atoms with Crippen molar-refractivity contribution in [3.63, 3.8) is 0 Å². The number of pyridine rings is 1. The lowest BCUT2D eigenvalue weighted by atomic mass is 9.34. The van der Waals surface area contributed by atoms with Crippen LogP contribution in [0.3, 0.4) is 0 Å². The van der Waals surface area contributed by atoms with Gasteiger partial charge in [0, 0.05) is 24.4 Å². The zero-order valence-electron chi connectivity index (χ0n) is 20.7. The maximum atomic E-state index is 13.6. The van der Waals surface area contributed by atoms with Crippen molar-refractivity contribution in [2.45, 2.75) is 63.8 Å². The molecule has 0 radical (unpaired) electrons. The highest BCUT2D eigenvalue weighted by Crippen LogP contribution is 2.78. The van der Waals surface area contributed by atoms with E-state index in [1.54, 1.807) is 10.7 Å². The Kier molecular flexibility index (Phi) is 4.55. The number of ether oxygens (including phenoxy) is 1. The third-order valence-electron chi connectivity index (χ3n) is 8.40. The molecule has 4 aromatic heterocycles. The number of aromatic nitrogens is 6. The molecule has 11 heteroatoms. The fraction of sp³-hybridized carbons (Fsp3) is 0.500. The van der Waals surface area contributed by atoms with Crippen molar-refractivity contribution in [3.8, 4) is 0 Å². The van der Waals surface area contributed by atoms with E-state index in [-0.39, 0.29) is 31.5 Å². The van der Waals surface area contributed by atoms with Crippen LogP contribution in [-0.2, 0) is 10.2 Å². The fourth-order valence-electron chi connectivity index (χ4n) is 6.39. The molecule has 37 heavy (non-hydrogen) atoms. The maximum absolute atomic E-state index is 13.6. The Morgan fingerprint density at radius 1 is 1.00 bits per heavy atom. The quantitative estimate of drug-likeness (QED) is 0.398. The summed E-state index contributed by atoms with van der Waals surface area (Å²) in [6.45, 7) is 6.79. The lowest BCUT2D eigenvalue weighted by Gasteiger charge is -2.70. The molecule has 0 spiro atoms. The molecule has 4 fully saturated rings. The van der Waals surface area contributed by atoms with Gasteiger partial charge in [-0.2, -0.15) is 23.3 Å². The van der Waals surface area contributed by atoms with Crippen LogP contribution in [0.4, 0.5) is 19.1 Å². The van der Waals surface area contributed by atoms with E-state index in [2.05, 4.69) is 21.0 Å². The summed E-state index contributed by atoms with van der Waals surface area (Å²) >= 11 is 0. The predicted molar refractivity (Wildman–Crippen MR) is 129 cm³/mol. The Labute approximate surface area is 210 Å². The number of fused-ring (bicyclic) bond motifs is 2. The summed E-state index contributed by atoms with van der Waals surface area (Å²) in [5.41, 5.74) is 2.82. The van der Waals surface area contributed by atoms with Gasteiger partial charge in [0.05, 0.1) is 40.7 Å². The first-order valence-electron chi connectivity index (χ1n) is 12.5. The summed E-state index contributed by atoms with van der Waals surface area (Å²) in [6.07, 6.45) is -0.702. The van der Waals surface area contributed by atoms with Gasteiger partial charge in [-0.15, -0.1) is 0 Å². The second-order valence-corrected chi connectivity index (χ2v) is 11.0. The molecule has 2 atom stereocenters. The molecule has 0 unspecified atom stereocenters. The van der Waals surface area contributed by atoms with Crippen LogP contribution in [0, 0.1) is 19.3 Å². The zero-order valence-corrected chi connectivity index (χ0v) is 20.7. The Morgan fingerprint density at radius 3 is 2.51 bits per heavy atom. The third kappa shape index (κ3) is 3.29. The number of hydrogen-bond acceptors (Lipinski definition) is 7. The molecule has 0 aromatic carbocycles. The second-order valence-electron chi connectivity index (χ2n) is 11.0. The topological polar surface area (TPSA) is 81.3 Å². The van der Waals surface area contributed by atoms with E-state index in [9.17, 15) is 13.2 Å². The van der Waals surface area contributed by atoms with Crippen LogP contribution in [0.15, 0.2) is 30.6 Å². The van der Waals surface area contributed by atoms with Gasteiger partial charge in [0.1, 0.15) is 11.6 Å². The average Bonchev–Trinajstić information content (AvgIpc) is 3.25. The molecule has 4 aliphatic rings. The minimum atomic E-state index is -4.19. The predicted octanol–water partition coefficient (Wildman–Crippen LogP) is 4.63. The molecule has 192 valence electrons. The summed E-state index contributed by atoms with van der Waals surface area (Å²) in [5, 5.41) is 4.26. The summed E-state index contributed by atoms with van der Waals surface area (Å²) in [6, 6.07) is 5.98. The van der Waals surface area contributed by atoms with E-state index in [1.165, 1.54) is 0 Å². The first-order valence-corrected chi connectivity index (χ1v) is 12.5. The smallest absolute Gasteiger partial charge is 0.367 e. The minimum Gasteiger partial charge on any atom is -0.367 e. The lowest BCUT2D eigenvalue weighted by molar-refractivity contribution is -0.337. The van der Waals surface area contributed by atoms with Crippen LogP contribution in [0.1, 0.15) is 54.9 Å². The highest BCUT2D eigenvalue weighted by molar-refractivity contribution is 5.77. The number of rotatable bonds is 3. The van der Waals surface area contributed by atoms with Gasteiger partial charge in [-0.25, -0.2) is 19.5 Å². The molecule has 8 nitrogen and oxygen atoms in total. The third-order valence-corrected chi connectivity index (χ3v) is 8.40. The molecule has 0 amide bonds. The summed E-state index contributed by atoms with van der Waals surface area (Å²) in [7, 11) is 0. The Hall–Kier alpha value is -3.34. The molecule has 1 aliphatic heterocycles. The van der Waals surface area contributed by atoms with Crippen LogP contribution in [0.25, 0.3) is 16.7 Å². The standard InChI is InChI=1S/C26H26F3N7O/c1-14-9-35(10-19(37-14)17-5-7-36-18(8-17)4-6-30-36)23-33-21(20-22(34-23)32-16(3)15(2)31-20)24-11-25(12-24,13-24)26(27,28)29/h4-8,14,19H,9-13H2,1-3H3/t14-,19-,24?,25?/m1/s1. The average molecular weight is 510 g/mol. The number of morpholine rings is 1. The molecule has 4 aromatic rings.